The van der Waals surface area contributed by atoms with E-state index in [9.17, 15) is 9.90 Å². The maximum absolute atomic E-state index is 11.4. The van der Waals surface area contributed by atoms with Crippen molar-refractivity contribution in [3.05, 3.63) is 29.7 Å². The molecule has 1 aromatic rings. The molecule has 0 bridgehead atoms. The lowest BCUT2D eigenvalue weighted by atomic mass is 9.90. The van der Waals surface area contributed by atoms with Gasteiger partial charge in [-0.2, -0.15) is 0 Å². The Morgan fingerprint density at radius 1 is 1.65 bits per heavy atom. The average Bonchev–Trinajstić information content (AvgIpc) is 3.00. The first-order valence-electron chi connectivity index (χ1n) is 5.58. The van der Waals surface area contributed by atoms with E-state index in [4.69, 9.17) is 4.42 Å². The number of furan rings is 1. The molecule has 0 aliphatic heterocycles. The van der Waals surface area contributed by atoms with Crippen LogP contribution in [0.4, 0.5) is 0 Å². The number of carbonyl (C=O) groups excluding carboxylic acids is 1. The Balaban J connectivity index is 2.19. The maximum atomic E-state index is 11.4. The zero-order valence-electron chi connectivity index (χ0n) is 9.97. The van der Waals surface area contributed by atoms with Crippen LogP contribution in [0, 0.1) is 5.41 Å². The van der Waals surface area contributed by atoms with Crippen molar-refractivity contribution in [3.63, 3.8) is 0 Å². The molecule has 1 aliphatic rings. The Labute approximate surface area is 99.9 Å². The number of carbonyl (C=O) groups is 1. The molecule has 0 saturated heterocycles. The van der Waals surface area contributed by atoms with Gasteiger partial charge in [-0.3, -0.25) is 0 Å². The summed E-state index contributed by atoms with van der Waals surface area (Å²) in [5.74, 6) is 0.153. The van der Waals surface area contributed by atoms with Gasteiger partial charge in [0.2, 0.25) is 0 Å². The fourth-order valence-corrected chi connectivity index (χ4v) is 2.09. The van der Waals surface area contributed by atoms with Crippen LogP contribution in [0.25, 0.3) is 6.08 Å². The molecule has 0 amide bonds. The van der Waals surface area contributed by atoms with E-state index in [0.29, 0.717) is 0 Å². The SMILES string of the molecule is COC(=O)C(O)C1(/C(C)=C/c2ccco2)CC1. The van der Waals surface area contributed by atoms with Crippen LogP contribution in [-0.2, 0) is 9.53 Å². The number of hydrogen-bond donors (Lipinski definition) is 1. The topological polar surface area (TPSA) is 59.7 Å². The van der Waals surface area contributed by atoms with Gasteiger partial charge >= 0.3 is 5.97 Å². The van der Waals surface area contributed by atoms with Gasteiger partial charge in [0, 0.05) is 5.41 Å². The van der Waals surface area contributed by atoms with E-state index in [1.165, 1.54) is 7.11 Å². The van der Waals surface area contributed by atoms with Gasteiger partial charge in [0.25, 0.3) is 0 Å². The van der Waals surface area contributed by atoms with Crippen molar-refractivity contribution in [3.8, 4) is 0 Å². The molecule has 2 rings (SSSR count). The minimum absolute atomic E-state index is 0.458. The third-order valence-corrected chi connectivity index (χ3v) is 3.42. The Kier molecular flexibility index (Phi) is 3.07. The normalized spacial score (nSPS) is 19.8. The highest BCUT2D eigenvalue weighted by Crippen LogP contribution is 2.55. The molecule has 92 valence electrons. The van der Waals surface area contributed by atoms with Gasteiger partial charge in [-0.1, -0.05) is 5.57 Å². The van der Waals surface area contributed by atoms with E-state index in [1.54, 1.807) is 12.3 Å². The standard InChI is InChI=1S/C13H16O4/c1-9(8-10-4-3-7-17-10)13(5-6-13)11(14)12(15)16-2/h3-4,7-8,11,14H,5-6H2,1-2H3/b9-8+. The van der Waals surface area contributed by atoms with Gasteiger partial charge in [0.15, 0.2) is 6.10 Å². The van der Waals surface area contributed by atoms with Gasteiger partial charge < -0.3 is 14.3 Å². The predicted molar refractivity (Wildman–Crippen MR) is 62.0 cm³/mol. The molecule has 1 atom stereocenters. The van der Waals surface area contributed by atoms with Gasteiger partial charge in [-0.05, 0) is 38.0 Å². The smallest absolute Gasteiger partial charge is 0.335 e. The van der Waals surface area contributed by atoms with Crippen molar-refractivity contribution >= 4 is 12.0 Å². The van der Waals surface area contributed by atoms with E-state index >= 15 is 0 Å². The monoisotopic (exact) mass is 236 g/mol. The second kappa shape index (κ2) is 4.37. The summed E-state index contributed by atoms with van der Waals surface area (Å²) in [6.45, 7) is 1.90. The maximum Gasteiger partial charge on any atom is 0.335 e. The first kappa shape index (κ1) is 11.9. The molecule has 1 aliphatic carbocycles. The molecule has 0 spiro atoms. The first-order valence-corrected chi connectivity index (χ1v) is 5.58. The van der Waals surface area contributed by atoms with E-state index in [-0.39, 0.29) is 0 Å². The second-order valence-electron chi connectivity index (χ2n) is 4.42. The molecule has 0 radical (unpaired) electrons. The first-order chi connectivity index (χ1) is 8.10. The van der Waals surface area contributed by atoms with Crippen LogP contribution in [0.3, 0.4) is 0 Å². The summed E-state index contributed by atoms with van der Waals surface area (Å²) < 4.78 is 9.80. The Morgan fingerprint density at radius 2 is 2.35 bits per heavy atom. The lowest BCUT2D eigenvalue weighted by molar-refractivity contribution is -0.153. The highest BCUT2D eigenvalue weighted by molar-refractivity contribution is 5.77. The zero-order chi connectivity index (χ0) is 12.5. The molecule has 1 fully saturated rings. The van der Waals surface area contributed by atoms with Crippen LogP contribution >= 0.6 is 0 Å². The minimum Gasteiger partial charge on any atom is -0.467 e. The fraction of sp³-hybridized carbons (Fsp3) is 0.462. The number of rotatable bonds is 4. The molecule has 1 heterocycles. The summed E-state index contributed by atoms with van der Waals surface area (Å²) in [5.41, 5.74) is 0.491. The van der Waals surface area contributed by atoms with Crippen LogP contribution in [0.5, 0.6) is 0 Å². The van der Waals surface area contributed by atoms with E-state index in [1.807, 2.05) is 19.1 Å². The zero-order valence-corrected chi connectivity index (χ0v) is 9.97. The molecular formula is C13H16O4. The molecule has 1 N–H and O–H groups in total. The lowest BCUT2D eigenvalue weighted by Gasteiger charge is -2.20. The predicted octanol–water partition coefficient (Wildman–Crippen LogP) is 2.00. The number of esters is 1. The summed E-state index contributed by atoms with van der Waals surface area (Å²) in [6.07, 6.45) is 3.96. The van der Waals surface area contributed by atoms with Crippen molar-refractivity contribution in [2.75, 3.05) is 7.11 Å². The van der Waals surface area contributed by atoms with E-state index < -0.39 is 17.5 Å². The molecule has 1 unspecified atom stereocenters. The van der Waals surface area contributed by atoms with Crippen molar-refractivity contribution in [1.82, 2.24) is 0 Å². The highest BCUT2D eigenvalue weighted by Gasteiger charge is 2.53. The molecule has 1 aromatic heterocycles. The summed E-state index contributed by atoms with van der Waals surface area (Å²) >= 11 is 0. The van der Waals surface area contributed by atoms with E-state index in [2.05, 4.69) is 4.74 Å². The second-order valence-corrected chi connectivity index (χ2v) is 4.42. The number of hydrogen-bond acceptors (Lipinski definition) is 4. The van der Waals surface area contributed by atoms with E-state index in [0.717, 1.165) is 24.2 Å². The lowest BCUT2D eigenvalue weighted by Crippen LogP contribution is -2.32. The number of methoxy groups -OCH3 is 1. The molecular weight excluding hydrogens is 220 g/mol. The Morgan fingerprint density at radius 3 is 2.82 bits per heavy atom. The highest BCUT2D eigenvalue weighted by atomic mass is 16.5. The number of aliphatic hydroxyl groups excluding tert-OH is 1. The van der Waals surface area contributed by atoms with Gasteiger partial charge in [-0.25, -0.2) is 4.79 Å². The minimum atomic E-state index is -1.08. The summed E-state index contributed by atoms with van der Waals surface area (Å²) in [4.78, 5) is 11.4. The van der Waals surface area contributed by atoms with Crippen molar-refractivity contribution < 1.29 is 19.1 Å². The third kappa shape index (κ3) is 2.13. The summed E-state index contributed by atoms with van der Waals surface area (Å²) in [7, 11) is 1.28. The quantitative estimate of drug-likeness (QED) is 0.812. The summed E-state index contributed by atoms with van der Waals surface area (Å²) in [6, 6.07) is 3.64. The van der Waals surface area contributed by atoms with Crippen molar-refractivity contribution in [1.29, 1.82) is 0 Å². The largest absolute Gasteiger partial charge is 0.467 e. The molecule has 4 nitrogen and oxygen atoms in total. The van der Waals surface area contributed by atoms with Crippen LogP contribution in [-0.4, -0.2) is 24.3 Å². The average molecular weight is 236 g/mol. The van der Waals surface area contributed by atoms with Crippen LogP contribution in [0.2, 0.25) is 0 Å². The van der Waals surface area contributed by atoms with Crippen molar-refractivity contribution in [2.24, 2.45) is 5.41 Å². The van der Waals surface area contributed by atoms with Crippen LogP contribution < -0.4 is 0 Å². The van der Waals surface area contributed by atoms with Gasteiger partial charge in [-0.15, -0.1) is 0 Å². The molecule has 4 heteroatoms. The Bertz CT molecular complexity index is 426. The Hall–Kier alpha value is -1.55. The molecule has 17 heavy (non-hydrogen) atoms. The summed E-state index contributed by atoms with van der Waals surface area (Å²) in [5, 5.41) is 9.96. The van der Waals surface area contributed by atoms with Crippen LogP contribution in [0.15, 0.2) is 28.4 Å². The van der Waals surface area contributed by atoms with Gasteiger partial charge in [0.1, 0.15) is 5.76 Å². The third-order valence-electron chi connectivity index (χ3n) is 3.42. The molecule has 1 saturated carbocycles. The fourth-order valence-electron chi connectivity index (χ4n) is 2.09. The number of aliphatic hydroxyl groups is 1. The number of ether oxygens (including phenoxy) is 1. The van der Waals surface area contributed by atoms with Crippen molar-refractivity contribution in [2.45, 2.75) is 25.9 Å². The van der Waals surface area contributed by atoms with Gasteiger partial charge in [0.05, 0.1) is 13.4 Å². The van der Waals surface area contributed by atoms with Crippen LogP contribution in [0.1, 0.15) is 25.5 Å². The molecule has 0 aromatic carbocycles.